The van der Waals surface area contributed by atoms with E-state index in [0.29, 0.717) is 5.92 Å². The molecule has 0 fully saturated rings. The Morgan fingerprint density at radius 1 is 1.06 bits per heavy atom. The molecule has 17 heavy (non-hydrogen) atoms. The molecule has 0 aromatic heterocycles. The highest BCUT2D eigenvalue weighted by Gasteiger charge is 2.23. The lowest BCUT2D eigenvalue weighted by Crippen LogP contribution is -2.17. The van der Waals surface area contributed by atoms with Crippen LogP contribution in [0, 0.1) is 5.92 Å². The molecule has 0 radical (unpaired) electrons. The Morgan fingerprint density at radius 2 is 1.71 bits per heavy atom. The van der Waals surface area contributed by atoms with Crippen LogP contribution in [0.3, 0.4) is 0 Å². The Bertz CT molecular complexity index is 363. The molecule has 0 aliphatic heterocycles. The molecule has 0 aliphatic carbocycles. The van der Waals surface area contributed by atoms with Crippen LogP contribution in [0.15, 0.2) is 18.2 Å². The first-order valence-corrected chi connectivity index (χ1v) is 6.30. The zero-order valence-electron chi connectivity index (χ0n) is 11.2. The van der Waals surface area contributed by atoms with Gasteiger partial charge in [-0.25, -0.2) is 0 Å². The summed E-state index contributed by atoms with van der Waals surface area (Å²) < 4.78 is 10.6. The van der Waals surface area contributed by atoms with Crippen molar-refractivity contribution in [3.05, 3.63) is 23.8 Å². The van der Waals surface area contributed by atoms with Crippen LogP contribution in [0.4, 0.5) is 0 Å². The lowest BCUT2D eigenvalue weighted by Gasteiger charge is -2.23. The van der Waals surface area contributed by atoms with Crippen molar-refractivity contribution in [3.8, 4) is 11.5 Å². The number of ether oxygens (including phenoxy) is 2. The maximum absolute atomic E-state index is 6.43. The van der Waals surface area contributed by atoms with Gasteiger partial charge < -0.3 is 9.47 Å². The van der Waals surface area contributed by atoms with Gasteiger partial charge in [-0.1, -0.05) is 20.8 Å². The maximum atomic E-state index is 6.43. The first-order chi connectivity index (χ1) is 8.01. The van der Waals surface area contributed by atoms with Crippen LogP contribution in [-0.4, -0.2) is 19.6 Å². The largest absolute Gasteiger partial charge is 0.497 e. The van der Waals surface area contributed by atoms with Crippen LogP contribution in [-0.2, 0) is 0 Å². The molecule has 0 aliphatic rings. The first-order valence-electron chi connectivity index (χ1n) is 5.87. The lowest BCUT2D eigenvalue weighted by atomic mass is 9.90. The van der Waals surface area contributed by atoms with Crippen LogP contribution in [0.1, 0.15) is 32.3 Å². The summed E-state index contributed by atoms with van der Waals surface area (Å²) in [6.07, 6.45) is 0. The molecule has 1 rings (SSSR count). The average Bonchev–Trinajstić information content (AvgIpc) is 2.35. The average molecular weight is 257 g/mol. The smallest absolute Gasteiger partial charge is 0.122 e. The van der Waals surface area contributed by atoms with Crippen LogP contribution in [0.2, 0.25) is 0 Å². The van der Waals surface area contributed by atoms with Gasteiger partial charge in [-0.2, -0.15) is 0 Å². The van der Waals surface area contributed by atoms with Crippen molar-refractivity contribution in [2.75, 3.05) is 14.2 Å². The van der Waals surface area contributed by atoms with Gasteiger partial charge in [0.25, 0.3) is 0 Å². The molecule has 0 amide bonds. The van der Waals surface area contributed by atoms with Crippen LogP contribution >= 0.6 is 11.6 Å². The van der Waals surface area contributed by atoms with Gasteiger partial charge in [-0.15, -0.1) is 11.6 Å². The minimum atomic E-state index is 0.0796. The van der Waals surface area contributed by atoms with E-state index in [2.05, 4.69) is 20.8 Å². The molecule has 0 N–H and O–H groups in total. The zero-order chi connectivity index (χ0) is 13.0. The minimum Gasteiger partial charge on any atom is -0.497 e. The summed E-state index contributed by atoms with van der Waals surface area (Å²) in [6, 6.07) is 5.82. The highest BCUT2D eigenvalue weighted by Crippen LogP contribution is 2.36. The Morgan fingerprint density at radius 3 is 2.18 bits per heavy atom. The molecule has 2 unspecified atom stereocenters. The fraction of sp³-hybridized carbons (Fsp3) is 0.571. The zero-order valence-corrected chi connectivity index (χ0v) is 11.9. The van der Waals surface area contributed by atoms with Crippen molar-refractivity contribution in [2.24, 2.45) is 5.92 Å². The minimum absolute atomic E-state index is 0.0796. The monoisotopic (exact) mass is 256 g/mol. The van der Waals surface area contributed by atoms with E-state index in [1.807, 2.05) is 18.2 Å². The second-order valence-corrected chi connectivity index (χ2v) is 5.09. The number of alkyl halides is 1. The van der Waals surface area contributed by atoms with Gasteiger partial charge in [0.15, 0.2) is 0 Å². The molecule has 2 atom stereocenters. The van der Waals surface area contributed by atoms with Gasteiger partial charge in [-0.05, 0) is 24.1 Å². The molecule has 96 valence electrons. The van der Waals surface area contributed by atoms with E-state index in [0.717, 1.165) is 17.1 Å². The molecule has 0 spiro atoms. The standard InChI is InChI=1S/C14H21ClO2/c1-9(2)14(15)10(3)12-8-11(16-4)6-7-13(12)17-5/h6-10,14H,1-5H3. The molecular weight excluding hydrogens is 236 g/mol. The summed E-state index contributed by atoms with van der Waals surface area (Å²) in [5, 5.41) is 0.0796. The third-order valence-electron chi connectivity index (χ3n) is 3.04. The maximum Gasteiger partial charge on any atom is 0.122 e. The number of benzene rings is 1. The van der Waals surface area contributed by atoms with Crippen molar-refractivity contribution in [1.82, 2.24) is 0 Å². The van der Waals surface area contributed by atoms with Gasteiger partial charge in [0.1, 0.15) is 11.5 Å². The summed E-state index contributed by atoms with van der Waals surface area (Å²) >= 11 is 6.43. The van der Waals surface area contributed by atoms with E-state index in [1.165, 1.54) is 0 Å². The predicted octanol–water partition coefficient (Wildman–Crippen LogP) is 4.07. The van der Waals surface area contributed by atoms with E-state index in [-0.39, 0.29) is 11.3 Å². The quantitative estimate of drug-likeness (QED) is 0.740. The van der Waals surface area contributed by atoms with Crippen molar-refractivity contribution < 1.29 is 9.47 Å². The fourth-order valence-electron chi connectivity index (χ4n) is 1.94. The summed E-state index contributed by atoms with van der Waals surface area (Å²) in [5.41, 5.74) is 1.10. The van der Waals surface area contributed by atoms with Gasteiger partial charge in [0.05, 0.1) is 14.2 Å². The summed E-state index contributed by atoms with van der Waals surface area (Å²) in [5.74, 6) is 2.34. The third-order valence-corrected chi connectivity index (χ3v) is 3.92. The fourth-order valence-corrected chi connectivity index (χ4v) is 2.08. The Labute approximate surface area is 109 Å². The van der Waals surface area contributed by atoms with Gasteiger partial charge in [0.2, 0.25) is 0 Å². The van der Waals surface area contributed by atoms with Gasteiger partial charge in [0, 0.05) is 16.9 Å². The normalized spacial score (nSPS) is 14.5. The van der Waals surface area contributed by atoms with Gasteiger partial charge in [-0.3, -0.25) is 0 Å². The summed E-state index contributed by atoms with van der Waals surface area (Å²) in [7, 11) is 3.34. The number of rotatable bonds is 5. The molecular formula is C14H21ClO2. The Balaban J connectivity index is 3.09. The predicted molar refractivity (Wildman–Crippen MR) is 72.4 cm³/mol. The van der Waals surface area contributed by atoms with E-state index in [4.69, 9.17) is 21.1 Å². The topological polar surface area (TPSA) is 18.5 Å². The Kier molecular flexibility index (Phi) is 5.13. The van der Waals surface area contributed by atoms with Gasteiger partial charge >= 0.3 is 0 Å². The molecule has 2 nitrogen and oxygen atoms in total. The molecule has 1 aromatic rings. The molecule has 0 heterocycles. The molecule has 0 bridgehead atoms. The number of halogens is 1. The molecule has 0 saturated carbocycles. The number of hydrogen-bond donors (Lipinski definition) is 0. The molecule has 0 saturated heterocycles. The highest BCUT2D eigenvalue weighted by molar-refractivity contribution is 6.21. The first kappa shape index (κ1) is 14.2. The third kappa shape index (κ3) is 3.29. The van der Waals surface area contributed by atoms with E-state index in [1.54, 1.807) is 14.2 Å². The van der Waals surface area contributed by atoms with E-state index < -0.39 is 0 Å². The van der Waals surface area contributed by atoms with Crippen LogP contribution in [0.5, 0.6) is 11.5 Å². The van der Waals surface area contributed by atoms with Crippen molar-refractivity contribution >= 4 is 11.6 Å². The summed E-state index contributed by atoms with van der Waals surface area (Å²) in [4.78, 5) is 0. The summed E-state index contributed by atoms with van der Waals surface area (Å²) in [6.45, 7) is 6.37. The molecule has 1 aromatic carbocycles. The lowest BCUT2D eigenvalue weighted by molar-refractivity contribution is 0.392. The Hall–Kier alpha value is -0.890. The number of methoxy groups -OCH3 is 2. The van der Waals surface area contributed by atoms with Crippen LogP contribution < -0.4 is 9.47 Å². The van der Waals surface area contributed by atoms with Crippen molar-refractivity contribution in [2.45, 2.75) is 32.1 Å². The number of hydrogen-bond acceptors (Lipinski definition) is 2. The van der Waals surface area contributed by atoms with Crippen molar-refractivity contribution in [3.63, 3.8) is 0 Å². The second-order valence-electron chi connectivity index (χ2n) is 4.58. The SMILES string of the molecule is COc1ccc(OC)c(C(C)C(Cl)C(C)C)c1. The van der Waals surface area contributed by atoms with Crippen molar-refractivity contribution in [1.29, 1.82) is 0 Å². The second kappa shape index (κ2) is 6.15. The van der Waals surface area contributed by atoms with E-state index in [9.17, 15) is 0 Å². The molecule has 3 heteroatoms. The highest BCUT2D eigenvalue weighted by atomic mass is 35.5. The van der Waals surface area contributed by atoms with Crippen LogP contribution in [0.25, 0.3) is 0 Å². The van der Waals surface area contributed by atoms with E-state index >= 15 is 0 Å².